The van der Waals surface area contributed by atoms with Crippen LogP contribution in [0.25, 0.3) is 0 Å². The number of hydrogen-bond acceptors (Lipinski definition) is 3. The third kappa shape index (κ3) is 1.97. The summed E-state index contributed by atoms with van der Waals surface area (Å²) in [7, 11) is 1.64. The lowest BCUT2D eigenvalue weighted by Gasteiger charge is -2.07. The molecule has 1 saturated carbocycles. The molecule has 0 spiro atoms. The number of aromatic nitrogens is 2. The van der Waals surface area contributed by atoms with E-state index in [0.717, 1.165) is 18.2 Å². The van der Waals surface area contributed by atoms with Crippen LogP contribution in [0.5, 0.6) is 0 Å². The molecule has 0 aromatic carbocycles. The van der Waals surface area contributed by atoms with Gasteiger partial charge in [-0.1, -0.05) is 0 Å². The van der Waals surface area contributed by atoms with Crippen LogP contribution in [0, 0.1) is 5.92 Å². The van der Waals surface area contributed by atoms with E-state index in [4.69, 9.17) is 0 Å². The van der Waals surface area contributed by atoms with Gasteiger partial charge in [-0.05, 0) is 34.7 Å². The predicted molar refractivity (Wildman–Crippen MR) is 58.4 cm³/mol. The predicted octanol–water partition coefficient (Wildman–Crippen LogP) is 1.36. The fourth-order valence-corrected chi connectivity index (χ4v) is 1.71. The van der Waals surface area contributed by atoms with E-state index in [1.54, 1.807) is 13.2 Å². The molecule has 14 heavy (non-hydrogen) atoms. The highest BCUT2D eigenvalue weighted by Gasteiger charge is 2.21. The molecular formula is C9H12BrN3O. The first-order chi connectivity index (χ1) is 6.68. The fraction of sp³-hybridized carbons (Fsp3) is 0.556. The summed E-state index contributed by atoms with van der Waals surface area (Å²) in [5, 5.41) is 7.17. The van der Waals surface area contributed by atoms with Crippen molar-refractivity contribution in [3.05, 3.63) is 21.0 Å². The van der Waals surface area contributed by atoms with Gasteiger partial charge >= 0.3 is 0 Å². The highest BCUT2D eigenvalue weighted by atomic mass is 79.9. The third-order valence-corrected chi connectivity index (χ3v) is 3.12. The van der Waals surface area contributed by atoms with Gasteiger partial charge in [0.1, 0.15) is 4.47 Å². The Morgan fingerprint density at radius 1 is 1.71 bits per heavy atom. The average molecular weight is 258 g/mol. The first kappa shape index (κ1) is 9.71. The molecule has 1 aromatic rings. The largest absolute Gasteiger partial charge is 0.382 e. The summed E-state index contributed by atoms with van der Waals surface area (Å²) >= 11 is 3.27. The van der Waals surface area contributed by atoms with Crippen LogP contribution in [0.4, 0.5) is 5.69 Å². The van der Waals surface area contributed by atoms with Crippen LogP contribution < -0.4 is 10.9 Å². The Hall–Kier alpha value is -0.840. The van der Waals surface area contributed by atoms with E-state index in [1.165, 1.54) is 17.5 Å². The first-order valence-corrected chi connectivity index (χ1v) is 5.43. The van der Waals surface area contributed by atoms with Crippen LogP contribution in [0.3, 0.4) is 0 Å². The van der Waals surface area contributed by atoms with E-state index >= 15 is 0 Å². The van der Waals surface area contributed by atoms with Gasteiger partial charge < -0.3 is 5.32 Å². The molecule has 0 saturated heterocycles. The molecule has 4 nitrogen and oxygen atoms in total. The van der Waals surface area contributed by atoms with Crippen molar-refractivity contribution in [1.29, 1.82) is 0 Å². The minimum atomic E-state index is -0.106. The zero-order valence-corrected chi connectivity index (χ0v) is 9.54. The molecule has 0 radical (unpaired) electrons. The number of aryl methyl sites for hydroxylation is 1. The van der Waals surface area contributed by atoms with E-state index in [0.29, 0.717) is 4.47 Å². The average Bonchev–Trinajstić information content (AvgIpc) is 2.97. The van der Waals surface area contributed by atoms with Gasteiger partial charge in [-0.3, -0.25) is 4.79 Å². The molecule has 2 rings (SSSR count). The minimum absolute atomic E-state index is 0.106. The monoisotopic (exact) mass is 257 g/mol. The summed E-state index contributed by atoms with van der Waals surface area (Å²) in [6.45, 7) is 0.938. The van der Waals surface area contributed by atoms with Gasteiger partial charge in [-0.2, -0.15) is 5.10 Å². The van der Waals surface area contributed by atoms with Gasteiger partial charge in [0.25, 0.3) is 5.56 Å². The van der Waals surface area contributed by atoms with Gasteiger partial charge in [0, 0.05) is 13.6 Å². The number of nitrogens with zero attached hydrogens (tertiary/aromatic N) is 2. The summed E-state index contributed by atoms with van der Waals surface area (Å²) in [4.78, 5) is 11.5. The molecule has 1 heterocycles. The van der Waals surface area contributed by atoms with Gasteiger partial charge in [0.2, 0.25) is 0 Å². The molecule has 0 unspecified atom stereocenters. The van der Waals surface area contributed by atoms with Crippen molar-refractivity contribution in [2.45, 2.75) is 12.8 Å². The van der Waals surface area contributed by atoms with Crippen LogP contribution in [0.2, 0.25) is 0 Å². The second-order valence-electron chi connectivity index (χ2n) is 3.63. The summed E-state index contributed by atoms with van der Waals surface area (Å²) in [6, 6.07) is 0. The number of anilines is 1. The van der Waals surface area contributed by atoms with Crippen molar-refractivity contribution >= 4 is 21.6 Å². The smallest absolute Gasteiger partial charge is 0.282 e. The van der Waals surface area contributed by atoms with Crippen molar-refractivity contribution in [3.63, 3.8) is 0 Å². The minimum Gasteiger partial charge on any atom is -0.382 e. The highest BCUT2D eigenvalue weighted by molar-refractivity contribution is 9.10. The summed E-state index contributed by atoms with van der Waals surface area (Å²) in [5.41, 5.74) is 0.686. The van der Waals surface area contributed by atoms with Crippen molar-refractivity contribution in [2.75, 3.05) is 11.9 Å². The van der Waals surface area contributed by atoms with Crippen LogP contribution in [0.1, 0.15) is 12.8 Å². The van der Waals surface area contributed by atoms with E-state index in [9.17, 15) is 4.79 Å². The Labute approximate surface area is 90.4 Å². The van der Waals surface area contributed by atoms with Crippen molar-refractivity contribution in [3.8, 4) is 0 Å². The third-order valence-electron chi connectivity index (χ3n) is 2.36. The maximum absolute atomic E-state index is 11.5. The van der Waals surface area contributed by atoms with Gasteiger partial charge in [-0.15, -0.1) is 0 Å². The molecule has 0 amide bonds. The molecule has 0 aliphatic heterocycles. The Morgan fingerprint density at radius 2 is 2.43 bits per heavy atom. The number of rotatable bonds is 3. The Kier molecular flexibility index (Phi) is 2.58. The maximum atomic E-state index is 11.5. The van der Waals surface area contributed by atoms with Crippen molar-refractivity contribution in [2.24, 2.45) is 13.0 Å². The molecule has 1 aliphatic rings. The lowest BCUT2D eigenvalue weighted by molar-refractivity contribution is 0.702. The van der Waals surface area contributed by atoms with Crippen molar-refractivity contribution < 1.29 is 0 Å². The molecular weight excluding hydrogens is 246 g/mol. The fourth-order valence-electron chi connectivity index (χ4n) is 1.21. The van der Waals surface area contributed by atoms with Gasteiger partial charge in [0.15, 0.2) is 0 Å². The van der Waals surface area contributed by atoms with Crippen LogP contribution in [-0.4, -0.2) is 16.3 Å². The quantitative estimate of drug-likeness (QED) is 0.890. The van der Waals surface area contributed by atoms with E-state index in [2.05, 4.69) is 26.3 Å². The maximum Gasteiger partial charge on any atom is 0.282 e. The Balaban J connectivity index is 2.16. The topological polar surface area (TPSA) is 46.9 Å². The molecule has 1 fully saturated rings. The lowest BCUT2D eigenvalue weighted by Crippen LogP contribution is -2.21. The molecule has 76 valence electrons. The second-order valence-corrected chi connectivity index (χ2v) is 4.42. The molecule has 5 heteroatoms. The number of hydrogen-bond donors (Lipinski definition) is 1. The van der Waals surface area contributed by atoms with Crippen LogP contribution in [-0.2, 0) is 7.05 Å². The summed E-state index contributed by atoms with van der Waals surface area (Å²) in [6.07, 6.45) is 4.26. The molecule has 1 aromatic heterocycles. The van der Waals surface area contributed by atoms with Gasteiger partial charge in [-0.25, -0.2) is 4.68 Å². The second kappa shape index (κ2) is 3.73. The SMILES string of the molecule is Cn1ncc(NCC2CC2)c(Br)c1=O. The molecule has 1 N–H and O–H groups in total. The normalized spacial score (nSPS) is 15.6. The van der Waals surface area contributed by atoms with E-state index in [1.807, 2.05) is 0 Å². The zero-order valence-electron chi connectivity index (χ0n) is 7.96. The number of halogens is 1. The molecule has 1 aliphatic carbocycles. The Morgan fingerprint density at radius 3 is 3.07 bits per heavy atom. The number of nitrogens with one attached hydrogen (secondary N) is 1. The van der Waals surface area contributed by atoms with E-state index < -0.39 is 0 Å². The summed E-state index contributed by atoms with van der Waals surface area (Å²) in [5.74, 6) is 0.783. The van der Waals surface area contributed by atoms with Crippen LogP contribution in [0.15, 0.2) is 15.5 Å². The van der Waals surface area contributed by atoms with Crippen LogP contribution >= 0.6 is 15.9 Å². The first-order valence-electron chi connectivity index (χ1n) is 4.64. The van der Waals surface area contributed by atoms with E-state index in [-0.39, 0.29) is 5.56 Å². The molecule has 0 atom stereocenters. The highest BCUT2D eigenvalue weighted by Crippen LogP contribution is 2.29. The summed E-state index contributed by atoms with van der Waals surface area (Å²) < 4.78 is 1.88. The molecule has 0 bridgehead atoms. The van der Waals surface area contributed by atoms with Crippen molar-refractivity contribution in [1.82, 2.24) is 9.78 Å². The standard InChI is InChI=1S/C9H12BrN3O/c1-13-9(14)8(10)7(5-12-13)11-4-6-2-3-6/h5-6,11H,2-4H2,1H3. The Bertz CT molecular complexity index is 398. The zero-order chi connectivity index (χ0) is 10.1. The van der Waals surface area contributed by atoms with Gasteiger partial charge in [0.05, 0.1) is 11.9 Å². The lowest BCUT2D eigenvalue weighted by atomic mass is 10.4.